The average Bonchev–Trinajstić information content (AvgIpc) is 2.46. The number of carbonyl (C=O) groups excluding carboxylic acids is 1. The second-order valence-electron chi connectivity index (χ2n) is 4.18. The molecule has 0 bridgehead atoms. The molecule has 0 fully saturated rings. The minimum absolute atomic E-state index is 0. The summed E-state index contributed by atoms with van der Waals surface area (Å²) in [6.07, 6.45) is 0. The fourth-order valence-electron chi connectivity index (χ4n) is 1.57. The zero-order valence-electron chi connectivity index (χ0n) is 12.1. The predicted molar refractivity (Wildman–Crippen MR) is 96.8 cm³/mol. The number of halogens is 1. The third-order valence-corrected chi connectivity index (χ3v) is 5.18. The fourth-order valence-corrected chi connectivity index (χ4v) is 3.82. The number of sulfonamides is 1. The van der Waals surface area contributed by atoms with Gasteiger partial charge < -0.3 is 4.74 Å². The SMILES string of the molecule is COc1nc(C)nc(NC(=O)NS(=O)(=O)c2ccccc2I)n1.[KH]. The number of nitrogens with one attached hydrogen (secondary N) is 2. The summed E-state index contributed by atoms with van der Waals surface area (Å²) < 4.78 is 31.6. The zero-order valence-corrected chi connectivity index (χ0v) is 15.0. The Morgan fingerprint density at radius 2 is 1.88 bits per heavy atom. The number of hydrogen-bond donors (Lipinski definition) is 2. The van der Waals surface area contributed by atoms with Crippen molar-refractivity contribution in [3.8, 4) is 6.01 Å². The normalized spacial score (nSPS) is 10.5. The molecule has 9 nitrogen and oxygen atoms in total. The van der Waals surface area contributed by atoms with Crippen LogP contribution in [0.4, 0.5) is 10.7 Å². The molecular formula is C12H13IKN5O4S. The van der Waals surface area contributed by atoms with Crippen molar-refractivity contribution >= 4 is 96.0 Å². The molecule has 1 aromatic carbocycles. The molecule has 0 saturated heterocycles. The Morgan fingerprint density at radius 3 is 2.50 bits per heavy atom. The van der Waals surface area contributed by atoms with Gasteiger partial charge >= 0.3 is 63.4 Å². The van der Waals surface area contributed by atoms with E-state index in [0.717, 1.165) is 0 Å². The molecule has 12 heteroatoms. The quantitative estimate of drug-likeness (QED) is 0.478. The van der Waals surface area contributed by atoms with E-state index < -0.39 is 16.1 Å². The summed E-state index contributed by atoms with van der Waals surface area (Å²) >= 11 is 1.87. The summed E-state index contributed by atoms with van der Waals surface area (Å²) in [5, 5.41) is 2.23. The fraction of sp³-hybridized carbons (Fsp3) is 0.167. The molecule has 0 atom stereocenters. The third-order valence-electron chi connectivity index (χ3n) is 2.49. The van der Waals surface area contributed by atoms with Crippen molar-refractivity contribution in [3.63, 3.8) is 0 Å². The first-order valence-electron chi connectivity index (χ1n) is 6.17. The third kappa shape index (κ3) is 5.85. The van der Waals surface area contributed by atoms with Gasteiger partial charge in [-0.2, -0.15) is 15.0 Å². The monoisotopic (exact) mass is 489 g/mol. The molecule has 0 aliphatic heterocycles. The van der Waals surface area contributed by atoms with E-state index in [1.54, 1.807) is 25.1 Å². The summed E-state index contributed by atoms with van der Waals surface area (Å²) in [7, 11) is -2.65. The molecule has 124 valence electrons. The molecule has 0 aliphatic carbocycles. The number of nitrogens with zero attached hydrogens (tertiary/aromatic N) is 3. The number of urea groups is 1. The molecular weight excluding hydrogens is 476 g/mol. The van der Waals surface area contributed by atoms with E-state index in [-0.39, 0.29) is 68.2 Å². The summed E-state index contributed by atoms with van der Waals surface area (Å²) in [5.74, 6) is 0.192. The Balaban J connectivity index is 0.00000288. The molecule has 24 heavy (non-hydrogen) atoms. The summed E-state index contributed by atoms with van der Waals surface area (Å²) in [4.78, 5) is 23.4. The molecule has 1 aromatic heterocycles. The van der Waals surface area contributed by atoms with Gasteiger partial charge in [0, 0.05) is 3.57 Å². The Labute approximate surface area is 195 Å². The standard InChI is InChI=1S/C12H12IN5O4S.K.H/c1-7-14-10(17-12(15-7)22-2)16-11(19)18-23(20,21)9-6-4-3-5-8(9)13;;/h3-6H,1-2H3,(H2,14,15,16,17,18,19);;. The topological polar surface area (TPSA) is 123 Å². The number of carbonyl (C=O) groups is 1. The molecule has 1 heterocycles. The van der Waals surface area contributed by atoms with Crippen LogP contribution in [0.1, 0.15) is 5.82 Å². The number of amides is 2. The maximum atomic E-state index is 12.2. The summed E-state index contributed by atoms with van der Waals surface area (Å²) in [5.41, 5.74) is 0. The maximum absolute atomic E-state index is 12.2. The van der Waals surface area contributed by atoms with E-state index in [1.807, 2.05) is 27.3 Å². The van der Waals surface area contributed by atoms with E-state index in [2.05, 4.69) is 20.3 Å². The van der Waals surface area contributed by atoms with Crippen LogP contribution in [-0.2, 0) is 10.0 Å². The van der Waals surface area contributed by atoms with E-state index in [4.69, 9.17) is 4.74 Å². The number of aromatic nitrogens is 3. The molecule has 0 aliphatic rings. The van der Waals surface area contributed by atoms with Crippen LogP contribution in [0.5, 0.6) is 6.01 Å². The van der Waals surface area contributed by atoms with Gasteiger partial charge in [0.25, 0.3) is 10.0 Å². The summed E-state index contributed by atoms with van der Waals surface area (Å²) in [6.45, 7) is 1.58. The van der Waals surface area contributed by atoms with Gasteiger partial charge in [-0.25, -0.2) is 17.9 Å². The van der Waals surface area contributed by atoms with Crippen LogP contribution in [0, 0.1) is 10.5 Å². The number of aryl methyl sites for hydroxylation is 1. The van der Waals surface area contributed by atoms with Crippen molar-refractivity contribution < 1.29 is 17.9 Å². The molecule has 0 saturated carbocycles. The van der Waals surface area contributed by atoms with Crippen molar-refractivity contribution in [2.75, 3.05) is 12.4 Å². The molecule has 2 amide bonds. The van der Waals surface area contributed by atoms with Crippen molar-refractivity contribution in [2.45, 2.75) is 11.8 Å². The number of methoxy groups -OCH3 is 1. The Morgan fingerprint density at radius 1 is 1.21 bits per heavy atom. The minimum atomic E-state index is -4.01. The molecule has 0 unspecified atom stereocenters. The average molecular weight is 489 g/mol. The summed E-state index contributed by atoms with van der Waals surface area (Å²) in [6, 6.07) is 5.29. The van der Waals surface area contributed by atoms with Crippen molar-refractivity contribution in [1.82, 2.24) is 19.7 Å². The van der Waals surface area contributed by atoms with Crippen LogP contribution in [-0.4, -0.2) is 87.9 Å². The van der Waals surface area contributed by atoms with Crippen molar-refractivity contribution in [2.24, 2.45) is 0 Å². The molecule has 0 radical (unpaired) electrons. The van der Waals surface area contributed by atoms with Gasteiger partial charge in [-0.05, 0) is 41.6 Å². The van der Waals surface area contributed by atoms with Crippen LogP contribution >= 0.6 is 22.6 Å². The van der Waals surface area contributed by atoms with Crippen molar-refractivity contribution in [3.05, 3.63) is 33.7 Å². The van der Waals surface area contributed by atoms with Crippen LogP contribution in [0.3, 0.4) is 0 Å². The van der Waals surface area contributed by atoms with E-state index >= 15 is 0 Å². The van der Waals surface area contributed by atoms with Gasteiger partial charge in [-0.3, -0.25) is 5.32 Å². The second kappa shape index (κ2) is 9.35. The van der Waals surface area contributed by atoms with E-state index in [1.165, 1.54) is 13.2 Å². The first-order valence-corrected chi connectivity index (χ1v) is 8.73. The van der Waals surface area contributed by atoms with Gasteiger partial charge in [0.05, 0.1) is 7.11 Å². The number of hydrogen-bond acceptors (Lipinski definition) is 7. The van der Waals surface area contributed by atoms with Gasteiger partial charge in [0.2, 0.25) is 5.95 Å². The van der Waals surface area contributed by atoms with Crippen LogP contribution in [0.15, 0.2) is 29.2 Å². The zero-order chi connectivity index (χ0) is 17.0. The second-order valence-corrected chi connectivity index (χ2v) is 7.00. The van der Waals surface area contributed by atoms with Gasteiger partial charge in [-0.15, -0.1) is 0 Å². The first kappa shape index (κ1) is 21.7. The Hall–Kier alpha value is -0.384. The number of ether oxygens (including phenoxy) is 1. The van der Waals surface area contributed by atoms with Crippen LogP contribution in [0.2, 0.25) is 0 Å². The van der Waals surface area contributed by atoms with Crippen LogP contribution < -0.4 is 14.8 Å². The Kier molecular flexibility index (Phi) is 8.44. The van der Waals surface area contributed by atoms with E-state index in [0.29, 0.717) is 9.39 Å². The van der Waals surface area contributed by atoms with Gasteiger partial charge in [0.15, 0.2) is 0 Å². The number of benzene rings is 1. The molecule has 2 rings (SSSR count). The Bertz CT molecular complexity index is 849. The first-order chi connectivity index (χ1) is 10.8. The molecule has 0 spiro atoms. The molecule has 2 aromatic rings. The molecule has 2 N–H and O–H groups in total. The van der Waals surface area contributed by atoms with Gasteiger partial charge in [0.1, 0.15) is 10.7 Å². The van der Waals surface area contributed by atoms with E-state index in [9.17, 15) is 13.2 Å². The predicted octanol–water partition coefficient (Wildman–Crippen LogP) is 0.655. The number of rotatable bonds is 4. The van der Waals surface area contributed by atoms with Gasteiger partial charge in [-0.1, -0.05) is 12.1 Å². The van der Waals surface area contributed by atoms with Crippen LogP contribution in [0.25, 0.3) is 0 Å². The number of anilines is 1. The van der Waals surface area contributed by atoms with Crippen molar-refractivity contribution in [1.29, 1.82) is 0 Å².